The van der Waals surface area contributed by atoms with Gasteiger partial charge in [-0.2, -0.15) is 4.57 Å². The van der Waals surface area contributed by atoms with Crippen LogP contribution < -0.4 is 53.9 Å². The Morgan fingerprint density at radius 3 is 2.13 bits per heavy atom. The Morgan fingerprint density at radius 1 is 0.745 bits per heavy atom. The van der Waals surface area contributed by atoms with E-state index >= 15 is 0 Å². The van der Waals surface area contributed by atoms with Crippen molar-refractivity contribution in [3.63, 3.8) is 0 Å². The fourth-order valence-corrected chi connectivity index (χ4v) is 8.34. The van der Waals surface area contributed by atoms with Crippen LogP contribution in [0, 0.1) is 0 Å². The standard InChI is InChI=1S/C21H24N2O4.C21H21N2O4.ClH/c2*1-24-18-3-2-13-8-17-15-10-20-19(26-12-27-20)9-14(15)4-6-23(17)11-16(13)21(18)25-7-5-22;/h2-3,9-10,17H,4-8,11-12,22H2,1H3;2-3,8-11H,4-7,12,22H2,1H3;1H/q;+1;. The number of hydrogen-bond donors (Lipinski definition) is 2. The maximum absolute atomic E-state index is 5.97. The zero-order valence-electron chi connectivity index (χ0n) is 31.1. The lowest BCUT2D eigenvalue weighted by molar-refractivity contribution is -0.686. The molecule has 4 aromatic carbocycles. The second-order valence-electron chi connectivity index (χ2n) is 13.9. The van der Waals surface area contributed by atoms with Crippen molar-refractivity contribution in [1.29, 1.82) is 0 Å². The van der Waals surface area contributed by atoms with Gasteiger partial charge in [0.1, 0.15) is 13.2 Å². The van der Waals surface area contributed by atoms with Crippen LogP contribution in [-0.2, 0) is 32.4 Å². The van der Waals surface area contributed by atoms with Gasteiger partial charge in [0.15, 0.2) is 58.7 Å². The zero-order chi connectivity index (χ0) is 36.8. The lowest BCUT2D eigenvalue weighted by Gasteiger charge is -2.42. The van der Waals surface area contributed by atoms with Crippen LogP contribution in [0.4, 0.5) is 0 Å². The number of fused-ring (bicyclic) bond motifs is 10. The van der Waals surface area contributed by atoms with E-state index in [9.17, 15) is 0 Å². The number of aryl methyl sites for hydroxylation is 2. The van der Waals surface area contributed by atoms with Crippen LogP contribution in [0.2, 0.25) is 0 Å². The molecule has 0 aliphatic carbocycles. The number of hydrogen-bond acceptors (Lipinski definition) is 11. The van der Waals surface area contributed by atoms with Crippen LogP contribution >= 0.6 is 12.4 Å². The predicted octanol–water partition coefficient (Wildman–Crippen LogP) is 5.26. The summed E-state index contributed by atoms with van der Waals surface area (Å²) in [4.78, 5) is 2.53. The quantitative estimate of drug-likeness (QED) is 0.200. The van der Waals surface area contributed by atoms with Gasteiger partial charge < -0.3 is 49.4 Å². The number of aromatic nitrogens is 1. The molecule has 0 saturated heterocycles. The Morgan fingerprint density at radius 2 is 1.40 bits per heavy atom. The van der Waals surface area contributed by atoms with Crippen molar-refractivity contribution in [1.82, 2.24) is 4.90 Å². The normalized spacial score (nSPS) is 16.6. The summed E-state index contributed by atoms with van der Waals surface area (Å²) in [6.45, 7) is 5.25. The van der Waals surface area contributed by atoms with Crippen molar-refractivity contribution in [3.05, 3.63) is 88.6 Å². The summed E-state index contributed by atoms with van der Waals surface area (Å²) >= 11 is 0. The first-order valence-corrected chi connectivity index (χ1v) is 18.5. The van der Waals surface area contributed by atoms with E-state index in [4.69, 9.17) is 49.4 Å². The van der Waals surface area contributed by atoms with Gasteiger partial charge in [-0.1, -0.05) is 6.07 Å². The van der Waals surface area contributed by atoms with Crippen LogP contribution in [0.25, 0.3) is 22.0 Å². The Labute approximate surface area is 326 Å². The Balaban J connectivity index is 0.000000153. The smallest absolute Gasteiger partial charge is 0.231 e. The number of methoxy groups -OCH3 is 2. The topological polar surface area (TPSA) is 133 Å². The first kappa shape index (κ1) is 36.8. The molecule has 5 aliphatic rings. The zero-order valence-corrected chi connectivity index (χ0v) is 31.9. The van der Waals surface area contributed by atoms with E-state index in [1.54, 1.807) is 14.2 Å². The van der Waals surface area contributed by atoms with E-state index in [0.717, 1.165) is 101 Å². The summed E-state index contributed by atoms with van der Waals surface area (Å²) in [5.41, 5.74) is 20.2. The molecule has 5 aromatic rings. The molecule has 5 aliphatic heterocycles. The summed E-state index contributed by atoms with van der Waals surface area (Å²) < 4.78 is 47.5. The average molecular weight is 770 g/mol. The second kappa shape index (κ2) is 15.5. The molecule has 0 spiro atoms. The molecule has 0 radical (unpaired) electrons. The first-order chi connectivity index (χ1) is 26.6. The van der Waals surface area contributed by atoms with Crippen molar-refractivity contribution in [3.8, 4) is 57.3 Å². The highest BCUT2D eigenvalue weighted by atomic mass is 35.5. The van der Waals surface area contributed by atoms with Gasteiger partial charge in [0, 0.05) is 50.3 Å². The average Bonchev–Trinajstić information content (AvgIpc) is 3.88. The van der Waals surface area contributed by atoms with E-state index in [-0.39, 0.29) is 19.2 Å². The molecular weight excluding hydrogens is 724 g/mol. The highest BCUT2D eigenvalue weighted by Gasteiger charge is 2.36. The molecule has 13 heteroatoms. The molecule has 1 unspecified atom stereocenters. The van der Waals surface area contributed by atoms with Gasteiger partial charge in [-0.3, -0.25) is 4.90 Å². The molecule has 12 nitrogen and oxygen atoms in total. The van der Waals surface area contributed by atoms with Gasteiger partial charge in [0.2, 0.25) is 19.3 Å². The fraction of sp³-hybridized carbons (Fsp3) is 0.357. The third-order valence-electron chi connectivity index (χ3n) is 10.9. The predicted molar refractivity (Wildman–Crippen MR) is 208 cm³/mol. The summed E-state index contributed by atoms with van der Waals surface area (Å²) in [6, 6.07) is 19.3. The number of halogens is 1. The molecule has 1 atom stereocenters. The van der Waals surface area contributed by atoms with E-state index in [1.807, 2.05) is 12.1 Å². The number of nitrogens with zero attached hydrogens (tertiary/aromatic N) is 2. The highest BCUT2D eigenvalue weighted by Crippen LogP contribution is 2.47. The van der Waals surface area contributed by atoms with Crippen LogP contribution in [0.3, 0.4) is 0 Å². The monoisotopic (exact) mass is 769 g/mol. The minimum Gasteiger partial charge on any atom is -0.493 e. The van der Waals surface area contributed by atoms with Crippen LogP contribution in [0.15, 0.2) is 60.8 Å². The summed E-state index contributed by atoms with van der Waals surface area (Å²) in [5, 5.41) is 2.12. The molecule has 10 rings (SSSR count). The van der Waals surface area contributed by atoms with E-state index in [2.05, 4.69) is 58.1 Å². The highest BCUT2D eigenvalue weighted by molar-refractivity contribution is 5.91. The molecule has 1 aromatic heterocycles. The van der Waals surface area contributed by atoms with Gasteiger partial charge in [-0.25, -0.2) is 0 Å². The number of pyridine rings is 1. The molecule has 55 heavy (non-hydrogen) atoms. The van der Waals surface area contributed by atoms with Gasteiger partial charge in [0.05, 0.1) is 25.2 Å². The Hall–Kier alpha value is -5.14. The molecule has 288 valence electrons. The first-order valence-electron chi connectivity index (χ1n) is 18.5. The summed E-state index contributed by atoms with van der Waals surface area (Å²) in [5.74, 6) is 6.47. The van der Waals surface area contributed by atoms with E-state index < -0.39 is 0 Å². The molecule has 4 N–H and O–H groups in total. The van der Waals surface area contributed by atoms with E-state index in [1.165, 1.54) is 33.4 Å². The van der Waals surface area contributed by atoms with Gasteiger partial charge >= 0.3 is 0 Å². The SMILES string of the molecule is COc1ccc2c(c1OCCN)CN1CCc3cc4c(cc3C1C2)OCO4.COc1ccc2cc3[n+](cc2c1OCCN)CCc1cc2c(cc1-3)OCO2.Cl. The minimum absolute atomic E-state index is 0. The molecule has 0 amide bonds. The van der Waals surface area contributed by atoms with Crippen molar-refractivity contribution >= 4 is 23.2 Å². The molecule has 6 heterocycles. The number of rotatable bonds is 8. The third-order valence-corrected chi connectivity index (χ3v) is 10.9. The lowest BCUT2D eigenvalue weighted by atomic mass is 9.83. The van der Waals surface area contributed by atoms with Crippen molar-refractivity contribution in [2.45, 2.75) is 38.4 Å². The van der Waals surface area contributed by atoms with Crippen LogP contribution in [-0.4, -0.2) is 65.6 Å². The van der Waals surface area contributed by atoms with Crippen molar-refractivity contribution in [2.24, 2.45) is 11.5 Å². The van der Waals surface area contributed by atoms with Gasteiger partial charge in [-0.15, -0.1) is 12.4 Å². The minimum atomic E-state index is 0. The molecule has 0 fully saturated rings. The number of ether oxygens (including phenoxy) is 8. The van der Waals surface area contributed by atoms with Crippen LogP contribution in [0.1, 0.15) is 33.9 Å². The van der Waals surface area contributed by atoms with E-state index in [0.29, 0.717) is 39.1 Å². The second-order valence-corrected chi connectivity index (χ2v) is 13.9. The Bertz CT molecular complexity index is 2250. The van der Waals surface area contributed by atoms with Gasteiger partial charge in [0.25, 0.3) is 0 Å². The lowest BCUT2D eigenvalue weighted by Crippen LogP contribution is -2.40. The van der Waals surface area contributed by atoms with Crippen molar-refractivity contribution < 1.29 is 42.5 Å². The fourth-order valence-electron chi connectivity index (χ4n) is 8.34. The molecule has 0 bridgehead atoms. The van der Waals surface area contributed by atoms with Crippen LogP contribution in [0.5, 0.6) is 46.0 Å². The molecule has 0 saturated carbocycles. The number of benzene rings is 4. The number of nitrogens with two attached hydrogens (primary N) is 2. The summed E-state index contributed by atoms with van der Waals surface area (Å²) in [6.07, 6.45) is 5.05. The Kier molecular flexibility index (Phi) is 10.4. The maximum Gasteiger partial charge on any atom is 0.231 e. The van der Waals surface area contributed by atoms with Crippen molar-refractivity contribution in [2.75, 3.05) is 60.7 Å². The third kappa shape index (κ3) is 6.67. The summed E-state index contributed by atoms with van der Waals surface area (Å²) in [7, 11) is 3.34. The maximum atomic E-state index is 5.97. The largest absolute Gasteiger partial charge is 0.493 e. The molecular formula is C42H46ClN4O8+. The van der Waals surface area contributed by atoms with Gasteiger partial charge in [-0.05, 0) is 82.9 Å².